The van der Waals surface area contributed by atoms with Crippen molar-refractivity contribution in [1.29, 1.82) is 0 Å². The lowest BCUT2D eigenvalue weighted by Crippen LogP contribution is -1.90. The molecule has 0 aromatic carbocycles. The third-order valence-corrected chi connectivity index (χ3v) is 5.01. The molecule has 0 aliphatic heterocycles. The normalized spacial score (nSPS) is 12.9. The smallest absolute Gasteiger partial charge is 0.0681 e. The number of rotatable bonds is 8. The summed E-state index contributed by atoms with van der Waals surface area (Å²) in [5.74, 6) is 0. The first-order chi connectivity index (χ1) is 8.15. The van der Waals surface area contributed by atoms with Gasteiger partial charge >= 0.3 is 0 Å². The van der Waals surface area contributed by atoms with Gasteiger partial charge in [-0.05, 0) is 31.9 Å². The van der Waals surface area contributed by atoms with Crippen molar-refractivity contribution >= 4 is 22.9 Å². The third kappa shape index (κ3) is 5.44. The average molecular weight is 273 g/mol. The molecule has 17 heavy (non-hydrogen) atoms. The molecule has 0 aliphatic carbocycles. The molecule has 0 spiro atoms. The number of unbranched alkanes of at least 4 members (excludes halogenated alkanes) is 5. The van der Waals surface area contributed by atoms with Crippen molar-refractivity contribution in [2.24, 2.45) is 0 Å². The van der Waals surface area contributed by atoms with Crippen LogP contribution in [0.15, 0.2) is 6.07 Å². The molecule has 0 N–H and O–H groups in total. The van der Waals surface area contributed by atoms with Crippen molar-refractivity contribution in [1.82, 2.24) is 0 Å². The summed E-state index contributed by atoms with van der Waals surface area (Å²) in [6, 6.07) is 2.25. The summed E-state index contributed by atoms with van der Waals surface area (Å²) in [5, 5.41) is 0.236. The molecule has 1 aromatic rings. The van der Waals surface area contributed by atoms with Crippen LogP contribution in [0, 0.1) is 13.8 Å². The summed E-state index contributed by atoms with van der Waals surface area (Å²) in [7, 11) is 0. The van der Waals surface area contributed by atoms with Gasteiger partial charge in [0, 0.05) is 9.75 Å². The highest BCUT2D eigenvalue weighted by Crippen LogP contribution is 2.35. The van der Waals surface area contributed by atoms with E-state index in [1.165, 1.54) is 53.8 Å². The molecule has 0 amide bonds. The molecule has 0 radical (unpaired) electrons. The zero-order valence-electron chi connectivity index (χ0n) is 11.4. The zero-order chi connectivity index (χ0) is 12.7. The number of hydrogen-bond acceptors (Lipinski definition) is 1. The van der Waals surface area contributed by atoms with Gasteiger partial charge in [0.2, 0.25) is 0 Å². The minimum Gasteiger partial charge on any atom is -0.144 e. The van der Waals surface area contributed by atoms with E-state index < -0.39 is 0 Å². The molecule has 1 unspecified atom stereocenters. The molecule has 0 bridgehead atoms. The summed E-state index contributed by atoms with van der Waals surface area (Å²) in [6.45, 7) is 6.60. The van der Waals surface area contributed by atoms with Crippen molar-refractivity contribution in [3.05, 3.63) is 21.4 Å². The maximum absolute atomic E-state index is 6.48. The van der Waals surface area contributed by atoms with E-state index in [-0.39, 0.29) is 5.38 Å². The van der Waals surface area contributed by atoms with Crippen molar-refractivity contribution in [3.8, 4) is 0 Å². The Hall–Kier alpha value is -0.0100. The summed E-state index contributed by atoms with van der Waals surface area (Å²) in [5.41, 5.74) is 1.37. The van der Waals surface area contributed by atoms with Gasteiger partial charge in [-0.15, -0.1) is 22.9 Å². The molecule has 98 valence electrons. The molecular weight excluding hydrogens is 248 g/mol. The largest absolute Gasteiger partial charge is 0.144 e. The van der Waals surface area contributed by atoms with E-state index in [2.05, 4.69) is 26.8 Å². The third-order valence-electron chi connectivity index (χ3n) is 3.17. The van der Waals surface area contributed by atoms with E-state index in [4.69, 9.17) is 11.6 Å². The van der Waals surface area contributed by atoms with Gasteiger partial charge in [-0.3, -0.25) is 0 Å². The van der Waals surface area contributed by atoms with Crippen LogP contribution in [0.3, 0.4) is 0 Å². The lowest BCUT2D eigenvalue weighted by molar-refractivity contribution is 0.586. The van der Waals surface area contributed by atoms with Crippen LogP contribution in [-0.2, 0) is 0 Å². The lowest BCUT2D eigenvalue weighted by atomic mass is 10.1. The van der Waals surface area contributed by atoms with Gasteiger partial charge < -0.3 is 0 Å². The first-order valence-corrected chi connectivity index (χ1v) is 8.11. The van der Waals surface area contributed by atoms with Crippen molar-refractivity contribution < 1.29 is 0 Å². The van der Waals surface area contributed by atoms with Crippen LogP contribution in [0.5, 0.6) is 0 Å². The summed E-state index contributed by atoms with van der Waals surface area (Å²) < 4.78 is 0. The van der Waals surface area contributed by atoms with E-state index >= 15 is 0 Å². The number of halogens is 1. The van der Waals surface area contributed by atoms with Gasteiger partial charge in [-0.2, -0.15) is 0 Å². The Morgan fingerprint density at radius 1 is 1.12 bits per heavy atom. The van der Waals surface area contributed by atoms with Crippen LogP contribution in [-0.4, -0.2) is 0 Å². The minimum absolute atomic E-state index is 0.236. The Bertz CT molecular complexity index is 317. The van der Waals surface area contributed by atoms with E-state index in [9.17, 15) is 0 Å². The standard InChI is InChI=1S/C15H25ClS/c1-4-5-6-7-8-9-10-14(16)15-12(2)11-13(3)17-15/h11,14H,4-10H2,1-3H3. The first-order valence-electron chi connectivity index (χ1n) is 6.86. The van der Waals surface area contributed by atoms with Crippen molar-refractivity contribution in [2.45, 2.75) is 71.1 Å². The Balaban J connectivity index is 2.21. The predicted octanol–water partition coefficient (Wildman–Crippen LogP) is 6.40. The molecule has 0 saturated heterocycles. The highest BCUT2D eigenvalue weighted by molar-refractivity contribution is 7.12. The quantitative estimate of drug-likeness (QED) is 0.380. The van der Waals surface area contributed by atoms with Crippen molar-refractivity contribution in [3.63, 3.8) is 0 Å². The Morgan fingerprint density at radius 3 is 2.35 bits per heavy atom. The van der Waals surface area contributed by atoms with E-state index in [1.54, 1.807) is 0 Å². The summed E-state index contributed by atoms with van der Waals surface area (Å²) in [4.78, 5) is 2.77. The highest BCUT2D eigenvalue weighted by Gasteiger charge is 2.12. The molecule has 1 heterocycles. The highest BCUT2D eigenvalue weighted by atomic mass is 35.5. The van der Waals surface area contributed by atoms with Gasteiger partial charge in [0.1, 0.15) is 0 Å². The Morgan fingerprint density at radius 2 is 1.76 bits per heavy atom. The van der Waals surface area contributed by atoms with E-state index in [1.807, 2.05) is 11.3 Å². The second kappa shape index (κ2) is 8.16. The minimum atomic E-state index is 0.236. The summed E-state index contributed by atoms with van der Waals surface area (Å²) in [6.07, 6.45) is 9.22. The molecule has 1 atom stereocenters. The van der Waals surface area contributed by atoms with Gasteiger partial charge in [0.25, 0.3) is 0 Å². The summed E-state index contributed by atoms with van der Waals surface area (Å²) >= 11 is 8.34. The monoisotopic (exact) mass is 272 g/mol. The number of aryl methyl sites for hydroxylation is 2. The van der Waals surface area contributed by atoms with Crippen LogP contribution < -0.4 is 0 Å². The molecule has 0 nitrogen and oxygen atoms in total. The number of thiophene rings is 1. The second-order valence-electron chi connectivity index (χ2n) is 4.93. The fourth-order valence-electron chi connectivity index (χ4n) is 2.21. The lowest BCUT2D eigenvalue weighted by Gasteiger charge is -2.08. The van der Waals surface area contributed by atoms with Crippen LogP contribution in [0.4, 0.5) is 0 Å². The van der Waals surface area contributed by atoms with E-state index in [0.29, 0.717) is 0 Å². The molecule has 1 aromatic heterocycles. The number of hydrogen-bond donors (Lipinski definition) is 0. The van der Waals surface area contributed by atoms with Gasteiger partial charge in [-0.1, -0.05) is 45.4 Å². The number of alkyl halides is 1. The molecule has 1 rings (SSSR count). The Kier molecular flexibility index (Phi) is 7.22. The fraction of sp³-hybridized carbons (Fsp3) is 0.733. The van der Waals surface area contributed by atoms with Crippen LogP contribution in [0.2, 0.25) is 0 Å². The maximum Gasteiger partial charge on any atom is 0.0681 e. The second-order valence-corrected chi connectivity index (χ2v) is 6.74. The van der Waals surface area contributed by atoms with Gasteiger partial charge in [0.15, 0.2) is 0 Å². The van der Waals surface area contributed by atoms with Crippen molar-refractivity contribution in [2.75, 3.05) is 0 Å². The fourth-order valence-corrected chi connectivity index (χ4v) is 3.71. The molecule has 2 heteroatoms. The average Bonchev–Trinajstić information content (AvgIpc) is 2.62. The van der Waals surface area contributed by atoms with Crippen LogP contribution in [0.1, 0.15) is 72.6 Å². The van der Waals surface area contributed by atoms with Gasteiger partial charge in [0.05, 0.1) is 5.38 Å². The zero-order valence-corrected chi connectivity index (χ0v) is 13.0. The van der Waals surface area contributed by atoms with Gasteiger partial charge in [-0.25, -0.2) is 0 Å². The first kappa shape index (κ1) is 15.0. The topological polar surface area (TPSA) is 0 Å². The predicted molar refractivity (Wildman–Crippen MR) is 80.4 cm³/mol. The molecule has 0 aliphatic rings. The Labute approximate surface area is 115 Å². The van der Waals surface area contributed by atoms with E-state index in [0.717, 1.165) is 6.42 Å². The molecule has 0 saturated carbocycles. The molecular formula is C15H25ClS. The van der Waals surface area contributed by atoms with Crippen LogP contribution in [0.25, 0.3) is 0 Å². The maximum atomic E-state index is 6.48. The van der Waals surface area contributed by atoms with Crippen LogP contribution >= 0.6 is 22.9 Å². The SMILES string of the molecule is CCCCCCCCC(Cl)c1sc(C)cc1C. The molecule has 0 fully saturated rings.